The minimum Gasteiger partial charge on any atom is -0.379 e. The molecular formula is C30H46N4O2+2. The molecule has 0 unspecified atom stereocenters. The molecule has 0 spiro atoms. The van der Waals surface area contributed by atoms with Crippen molar-refractivity contribution in [2.24, 2.45) is 0 Å². The second-order valence-corrected chi connectivity index (χ2v) is 10.00. The highest BCUT2D eigenvalue weighted by atomic mass is 16.1. The van der Waals surface area contributed by atoms with Gasteiger partial charge in [0.05, 0.1) is 76.6 Å². The van der Waals surface area contributed by atoms with E-state index in [1.807, 2.05) is 24.3 Å². The van der Waals surface area contributed by atoms with E-state index in [4.69, 9.17) is 0 Å². The topological polar surface area (TPSA) is 58.2 Å². The number of nitrogens with one attached hydrogen (secondary N) is 2. The molecule has 0 aromatic heterocycles. The van der Waals surface area contributed by atoms with Crippen LogP contribution < -0.4 is 10.6 Å². The molecule has 36 heavy (non-hydrogen) atoms. The SMILES string of the molecule is CC[N+](CC)(CC)CCNc1cccc2c1C(=O)c1cccc(NCC[N+](CC)(CC)CC)c1C2=O. The summed E-state index contributed by atoms with van der Waals surface area (Å²) in [6.07, 6.45) is 0. The van der Waals surface area contributed by atoms with E-state index < -0.39 is 0 Å². The van der Waals surface area contributed by atoms with Gasteiger partial charge in [-0.05, 0) is 53.7 Å². The number of benzene rings is 2. The molecule has 2 N–H and O–H groups in total. The quantitative estimate of drug-likeness (QED) is 0.308. The Morgan fingerprint density at radius 3 is 1.19 bits per heavy atom. The lowest BCUT2D eigenvalue weighted by atomic mass is 9.82. The van der Waals surface area contributed by atoms with Crippen LogP contribution in [0.2, 0.25) is 0 Å². The highest BCUT2D eigenvalue weighted by Crippen LogP contribution is 2.35. The van der Waals surface area contributed by atoms with Gasteiger partial charge in [0.1, 0.15) is 0 Å². The third-order valence-corrected chi connectivity index (χ3v) is 8.90. The first-order valence-electron chi connectivity index (χ1n) is 13.9. The molecule has 196 valence electrons. The fourth-order valence-corrected chi connectivity index (χ4v) is 5.68. The lowest BCUT2D eigenvalue weighted by Gasteiger charge is -2.36. The van der Waals surface area contributed by atoms with Gasteiger partial charge >= 0.3 is 0 Å². The summed E-state index contributed by atoms with van der Waals surface area (Å²) in [5.74, 6) is -0.149. The Bertz CT molecular complexity index is 969. The van der Waals surface area contributed by atoms with Crippen LogP contribution in [-0.2, 0) is 0 Å². The van der Waals surface area contributed by atoms with E-state index in [0.717, 1.165) is 85.8 Å². The van der Waals surface area contributed by atoms with Crippen molar-refractivity contribution in [3.8, 4) is 0 Å². The van der Waals surface area contributed by atoms with Crippen molar-refractivity contribution in [1.82, 2.24) is 0 Å². The molecule has 2 aromatic carbocycles. The molecule has 2 aromatic rings. The Hall–Kier alpha value is -2.70. The summed E-state index contributed by atoms with van der Waals surface area (Å²) >= 11 is 0. The molecule has 0 fully saturated rings. The van der Waals surface area contributed by atoms with Crippen LogP contribution in [-0.4, -0.2) is 86.0 Å². The van der Waals surface area contributed by atoms with E-state index >= 15 is 0 Å². The summed E-state index contributed by atoms with van der Waals surface area (Å²) in [5.41, 5.74) is 3.52. The first-order chi connectivity index (χ1) is 17.3. The van der Waals surface area contributed by atoms with Gasteiger partial charge in [-0.1, -0.05) is 24.3 Å². The van der Waals surface area contributed by atoms with Gasteiger partial charge in [0.2, 0.25) is 0 Å². The number of hydrogen-bond acceptors (Lipinski definition) is 4. The number of likely N-dealkylation sites (N-methyl/N-ethyl adjacent to an activating group) is 2. The zero-order chi connectivity index (χ0) is 26.3. The first kappa shape index (κ1) is 27.9. The number of anilines is 2. The molecular weight excluding hydrogens is 448 g/mol. The zero-order valence-corrected chi connectivity index (χ0v) is 23.2. The Balaban J connectivity index is 1.84. The number of carbonyl (C=O) groups is 2. The van der Waals surface area contributed by atoms with Gasteiger partial charge in [-0.25, -0.2) is 0 Å². The molecule has 6 heteroatoms. The van der Waals surface area contributed by atoms with Crippen molar-refractivity contribution < 1.29 is 18.6 Å². The van der Waals surface area contributed by atoms with E-state index in [-0.39, 0.29) is 11.6 Å². The fraction of sp³-hybridized carbons (Fsp3) is 0.533. The number of ketones is 2. The second-order valence-electron chi connectivity index (χ2n) is 10.00. The van der Waals surface area contributed by atoms with E-state index in [1.165, 1.54) is 0 Å². The van der Waals surface area contributed by atoms with Crippen molar-refractivity contribution >= 4 is 22.9 Å². The summed E-state index contributed by atoms with van der Waals surface area (Å²) in [4.78, 5) is 27.4. The summed E-state index contributed by atoms with van der Waals surface area (Å²) in [7, 11) is 0. The van der Waals surface area contributed by atoms with Gasteiger partial charge in [0.25, 0.3) is 0 Å². The molecule has 0 amide bonds. The molecule has 3 rings (SSSR count). The van der Waals surface area contributed by atoms with Crippen LogP contribution in [0.15, 0.2) is 36.4 Å². The largest absolute Gasteiger partial charge is 0.379 e. The maximum absolute atomic E-state index is 13.7. The molecule has 0 atom stereocenters. The maximum atomic E-state index is 13.7. The monoisotopic (exact) mass is 494 g/mol. The Kier molecular flexibility index (Phi) is 9.31. The molecule has 0 radical (unpaired) electrons. The molecule has 6 nitrogen and oxygen atoms in total. The second kappa shape index (κ2) is 12.0. The van der Waals surface area contributed by atoms with Gasteiger partial charge in [-0.15, -0.1) is 0 Å². The predicted molar refractivity (Wildman–Crippen MR) is 150 cm³/mol. The number of nitrogens with zero attached hydrogens (tertiary/aromatic N) is 2. The van der Waals surface area contributed by atoms with E-state index in [2.05, 4.69) is 52.2 Å². The van der Waals surface area contributed by atoms with Crippen LogP contribution in [0.5, 0.6) is 0 Å². The first-order valence-corrected chi connectivity index (χ1v) is 13.9. The lowest BCUT2D eigenvalue weighted by Crippen LogP contribution is -2.50. The third kappa shape index (κ3) is 5.35. The third-order valence-electron chi connectivity index (χ3n) is 8.90. The fourth-order valence-electron chi connectivity index (χ4n) is 5.68. The average molecular weight is 495 g/mol. The van der Waals surface area contributed by atoms with Crippen molar-refractivity contribution in [2.45, 2.75) is 41.5 Å². The maximum Gasteiger partial charge on any atom is 0.196 e. The summed E-state index contributed by atoms with van der Waals surface area (Å²) in [6.45, 7) is 23.3. The van der Waals surface area contributed by atoms with Crippen molar-refractivity contribution in [3.05, 3.63) is 58.7 Å². The van der Waals surface area contributed by atoms with Gasteiger partial charge in [0, 0.05) is 22.5 Å². The highest BCUT2D eigenvalue weighted by molar-refractivity contribution is 6.31. The number of quaternary nitrogens is 2. The van der Waals surface area contributed by atoms with Crippen molar-refractivity contribution in [2.75, 3.05) is 76.1 Å². The smallest absolute Gasteiger partial charge is 0.196 e. The minimum atomic E-state index is -0.0746. The average Bonchev–Trinajstić information content (AvgIpc) is 2.92. The normalized spacial score (nSPS) is 13.4. The van der Waals surface area contributed by atoms with Crippen molar-refractivity contribution in [3.63, 3.8) is 0 Å². The van der Waals surface area contributed by atoms with Crippen LogP contribution in [0.4, 0.5) is 11.4 Å². The standard InChI is InChI=1S/C30H44N4O2/c1-7-33(8-2,9-3)21-19-31-25-17-13-15-23-27(25)29(35)24-16-14-18-26(28(24)30(23)36)32-20-22-34(10-4,11-5)12-6/h13-18H,7-12,19-22H2,1-6H3/p+2. The molecule has 0 bridgehead atoms. The van der Waals surface area contributed by atoms with Crippen LogP contribution in [0.1, 0.15) is 73.4 Å². The van der Waals surface area contributed by atoms with Crippen LogP contribution >= 0.6 is 0 Å². The Morgan fingerprint density at radius 1 is 0.556 bits per heavy atom. The molecule has 0 saturated carbocycles. The lowest BCUT2D eigenvalue weighted by molar-refractivity contribution is -0.921. The number of carbonyl (C=O) groups excluding carboxylic acids is 2. The highest BCUT2D eigenvalue weighted by Gasteiger charge is 2.34. The van der Waals surface area contributed by atoms with Crippen LogP contribution in [0, 0.1) is 0 Å². The summed E-state index contributed by atoms with van der Waals surface area (Å²) in [5, 5.41) is 6.98. The molecule has 0 saturated heterocycles. The number of hydrogen-bond donors (Lipinski definition) is 2. The molecule has 1 aliphatic rings. The number of fused-ring (bicyclic) bond motifs is 2. The van der Waals surface area contributed by atoms with Crippen LogP contribution in [0.25, 0.3) is 0 Å². The van der Waals surface area contributed by atoms with Crippen LogP contribution in [0.3, 0.4) is 0 Å². The molecule has 1 aliphatic carbocycles. The predicted octanol–water partition coefficient (Wildman–Crippen LogP) is 5.04. The van der Waals surface area contributed by atoms with Gasteiger partial charge in [-0.3, -0.25) is 9.59 Å². The van der Waals surface area contributed by atoms with Gasteiger partial charge in [0.15, 0.2) is 11.6 Å². The molecule has 0 aliphatic heterocycles. The van der Waals surface area contributed by atoms with Crippen molar-refractivity contribution in [1.29, 1.82) is 0 Å². The van der Waals surface area contributed by atoms with E-state index in [1.54, 1.807) is 12.1 Å². The van der Waals surface area contributed by atoms with Gasteiger partial charge < -0.3 is 19.6 Å². The molecule has 0 heterocycles. The van der Waals surface area contributed by atoms with E-state index in [9.17, 15) is 9.59 Å². The van der Waals surface area contributed by atoms with Gasteiger partial charge in [-0.2, -0.15) is 0 Å². The summed E-state index contributed by atoms with van der Waals surface area (Å²) < 4.78 is 2.06. The Labute approximate surface area is 217 Å². The summed E-state index contributed by atoms with van der Waals surface area (Å²) in [6, 6.07) is 11.2. The minimum absolute atomic E-state index is 0.0746. The van der Waals surface area contributed by atoms with E-state index in [0.29, 0.717) is 22.3 Å². The zero-order valence-electron chi connectivity index (χ0n) is 23.2. The number of rotatable bonds is 14. The Morgan fingerprint density at radius 2 is 0.889 bits per heavy atom.